The molecule has 1 N–H and O–H groups in total. The minimum Gasteiger partial charge on any atom is -0.497 e. The van der Waals surface area contributed by atoms with Crippen LogP contribution in [0.1, 0.15) is 10.4 Å². The van der Waals surface area contributed by atoms with Gasteiger partial charge in [-0.25, -0.2) is 14.3 Å². The Morgan fingerprint density at radius 2 is 2.15 bits per heavy atom. The van der Waals surface area contributed by atoms with Crippen molar-refractivity contribution in [2.24, 2.45) is 0 Å². The second-order valence-electron chi connectivity index (χ2n) is 4.19. The quantitative estimate of drug-likeness (QED) is 0.788. The van der Waals surface area contributed by atoms with Gasteiger partial charge in [0.2, 0.25) is 0 Å². The van der Waals surface area contributed by atoms with E-state index in [0.717, 1.165) is 5.56 Å². The predicted octanol–water partition coefficient (Wildman–Crippen LogP) is 2.10. The number of benzene rings is 1. The maximum Gasteiger partial charge on any atom is 0.335 e. The smallest absolute Gasteiger partial charge is 0.335 e. The Bertz CT molecular complexity index is 795. The summed E-state index contributed by atoms with van der Waals surface area (Å²) in [5.41, 5.74) is 1.48. The Balaban J connectivity index is 2.10. The molecule has 20 heavy (non-hydrogen) atoms. The molecule has 0 amide bonds. The molecule has 0 aliphatic heterocycles. The minimum absolute atomic E-state index is 0.182. The number of aromatic carboxylic acids is 1. The number of hydrogen-bond donors (Lipinski definition) is 1. The zero-order chi connectivity index (χ0) is 14.1. The topological polar surface area (TPSA) is 76.7 Å². The number of methoxy groups -OCH3 is 1. The molecule has 3 aromatic rings. The van der Waals surface area contributed by atoms with Crippen LogP contribution in [0.2, 0.25) is 0 Å². The lowest BCUT2D eigenvalue weighted by molar-refractivity contribution is 0.0697. The van der Waals surface area contributed by atoms with Gasteiger partial charge < -0.3 is 9.84 Å². The number of rotatable bonds is 3. The maximum atomic E-state index is 10.9. The summed E-state index contributed by atoms with van der Waals surface area (Å²) < 4.78 is 6.70. The van der Waals surface area contributed by atoms with Crippen LogP contribution in [0, 0.1) is 0 Å². The second-order valence-corrected chi connectivity index (χ2v) is 4.19. The third kappa shape index (κ3) is 2.07. The van der Waals surface area contributed by atoms with E-state index in [4.69, 9.17) is 9.84 Å². The fourth-order valence-corrected chi connectivity index (χ4v) is 1.90. The summed E-state index contributed by atoms with van der Waals surface area (Å²) in [7, 11) is 1.59. The first-order valence-electron chi connectivity index (χ1n) is 5.91. The van der Waals surface area contributed by atoms with Gasteiger partial charge in [0.15, 0.2) is 11.5 Å². The number of aromatic nitrogens is 3. The van der Waals surface area contributed by atoms with Crippen LogP contribution in [0.3, 0.4) is 0 Å². The van der Waals surface area contributed by atoms with Crippen LogP contribution < -0.4 is 4.74 Å². The van der Waals surface area contributed by atoms with Crippen molar-refractivity contribution in [3.05, 3.63) is 48.2 Å². The molecule has 0 saturated heterocycles. The summed E-state index contributed by atoms with van der Waals surface area (Å²) in [6.07, 6.45) is 1.58. The molecule has 6 heteroatoms. The van der Waals surface area contributed by atoms with Crippen LogP contribution in [0.4, 0.5) is 0 Å². The zero-order valence-electron chi connectivity index (χ0n) is 10.6. The average molecular weight is 269 g/mol. The second kappa shape index (κ2) is 4.65. The van der Waals surface area contributed by atoms with E-state index in [1.807, 2.05) is 24.3 Å². The summed E-state index contributed by atoms with van der Waals surface area (Å²) >= 11 is 0. The normalized spacial score (nSPS) is 10.7. The lowest BCUT2D eigenvalue weighted by Crippen LogP contribution is -1.97. The SMILES string of the molecule is COc1cccc(-c2nc3cc(C(=O)O)ccn3n2)c1. The molecule has 0 unspecified atom stereocenters. The third-order valence-electron chi connectivity index (χ3n) is 2.91. The highest BCUT2D eigenvalue weighted by molar-refractivity contribution is 5.88. The number of pyridine rings is 1. The zero-order valence-corrected chi connectivity index (χ0v) is 10.6. The number of carboxylic acids is 1. The average Bonchev–Trinajstić information content (AvgIpc) is 2.90. The molecule has 0 atom stereocenters. The Hall–Kier alpha value is -2.89. The van der Waals surface area contributed by atoms with E-state index >= 15 is 0 Å². The van der Waals surface area contributed by atoms with Gasteiger partial charge in [0.05, 0.1) is 12.7 Å². The molecular formula is C14H11N3O3. The van der Waals surface area contributed by atoms with E-state index in [1.165, 1.54) is 12.1 Å². The van der Waals surface area contributed by atoms with Crippen molar-refractivity contribution in [1.82, 2.24) is 14.6 Å². The number of nitrogens with zero attached hydrogens (tertiary/aromatic N) is 3. The largest absolute Gasteiger partial charge is 0.497 e. The van der Waals surface area contributed by atoms with Gasteiger partial charge >= 0.3 is 5.97 Å². The third-order valence-corrected chi connectivity index (χ3v) is 2.91. The molecule has 0 fully saturated rings. The van der Waals surface area contributed by atoms with Gasteiger partial charge in [-0.15, -0.1) is 5.10 Å². The van der Waals surface area contributed by atoms with Crippen LogP contribution in [0.15, 0.2) is 42.6 Å². The van der Waals surface area contributed by atoms with Crippen LogP contribution >= 0.6 is 0 Å². The molecule has 0 aliphatic rings. The van der Waals surface area contributed by atoms with Crippen LogP contribution in [0.25, 0.3) is 17.0 Å². The number of carboxylic acid groups (broad SMARTS) is 1. The first kappa shape index (κ1) is 12.2. The van der Waals surface area contributed by atoms with Crippen LogP contribution in [-0.2, 0) is 0 Å². The molecule has 2 aromatic heterocycles. The van der Waals surface area contributed by atoms with Gasteiger partial charge in [-0.2, -0.15) is 0 Å². The molecule has 2 heterocycles. The Kier molecular flexibility index (Phi) is 2.83. The van der Waals surface area contributed by atoms with Gasteiger partial charge in [0, 0.05) is 11.8 Å². The highest BCUT2D eigenvalue weighted by Crippen LogP contribution is 2.21. The van der Waals surface area contributed by atoms with E-state index < -0.39 is 5.97 Å². The summed E-state index contributed by atoms with van der Waals surface area (Å²) in [4.78, 5) is 15.3. The van der Waals surface area contributed by atoms with E-state index in [0.29, 0.717) is 17.2 Å². The number of hydrogen-bond acceptors (Lipinski definition) is 4. The van der Waals surface area contributed by atoms with Crippen molar-refractivity contribution in [2.45, 2.75) is 0 Å². The molecule has 3 rings (SSSR count). The fraction of sp³-hybridized carbons (Fsp3) is 0.0714. The molecule has 0 saturated carbocycles. The molecular weight excluding hydrogens is 258 g/mol. The van der Waals surface area contributed by atoms with Crippen LogP contribution in [0.5, 0.6) is 5.75 Å². The first-order chi connectivity index (χ1) is 9.67. The van der Waals surface area contributed by atoms with Crippen LogP contribution in [-0.4, -0.2) is 32.8 Å². The fourth-order valence-electron chi connectivity index (χ4n) is 1.90. The Morgan fingerprint density at radius 1 is 1.30 bits per heavy atom. The molecule has 0 spiro atoms. The molecule has 6 nitrogen and oxygen atoms in total. The minimum atomic E-state index is -0.988. The summed E-state index contributed by atoms with van der Waals surface area (Å²) in [6, 6.07) is 10.4. The molecule has 0 aliphatic carbocycles. The van der Waals surface area contributed by atoms with Crippen molar-refractivity contribution >= 4 is 11.6 Å². The van der Waals surface area contributed by atoms with Crippen molar-refractivity contribution in [2.75, 3.05) is 7.11 Å². The lowest BCUT2D eigenvalue weighted by atomic mass is 10.2. The van der Waals surface area contributed by atoms with Crippen molar-refractivity contribution < 1.29 is 14.6 Å². The number of fused-ring (bicyclic) bond motifs is 1. The monoisotopic (exact) mass is 269 g/mol. The van der Waals surface area contributed by atoms with Gasteiger partial charge in [-0.1, -0.05) is 12.1 Å². The highest BCUT2D eigenvalue weighted by Gasteiger charge is 2.10. The van der Waals surface area contributed by atoms with E-state index in [-0.39, 0.29) is 5.56 Å². The van der Waals surface area contributed by atoms with E-state index in [9.17, 15) is 4.79 Å². The predicted molar refractivity (Wildman–Crippen MR) is 71.9 cm³/mol. The number of ether oxygens (including phenoxy) is 1. The summed E-state index contributed by atoms with van der Waals surface area (Å²) in [6.45, 7) is 0. The molecule has 0 radical (unpaired) electrons. The Labute approximate surface area is 114 Å². The van der Waals surface area contributed by atoms with Gasteiger partial charge in [0.25, 0.3) is 0 Å². The highest BCUT2D eigenvalue weighted by atomic mass is 16.5. The van der Waals surface area contributed by atoms with Crippen molar-refractivity contribution in [1.29, 1.82) is 0 Å². The van der Waals surface area contributed by atoms with E-state index in [2.05, 4.69) is 10.1 Å². The van der Waals surface area contributed by atoms with E-state index in [1.54, 1.807) is 17.8 Å². The summed E-state index contributed by atoms with van der Waals surface area (Å²) in [5.74, 6) is 0.248. The van der Waals surface area contributed by atoms with Gasteiger partial charge in [-0.05, 0) is 24.3 Å². The maximum absolute atomic E-state index is 10.9. The van der Waals surface area contributed by atoms with Crippen molar-refractivity contribution in [3.63, 3.8) is 0 Å². The van der Waals surface area contributed by atoms with Crippen molar-refractivity contribution in [3.8, 4) is 17.1 Å². The van der Waals surface area contributed by atoms with Gasteiger partial charge in [0.1, 0.15) is 5.75 Å². The standard InChI is InChI=1S/C14H11N3O3/c1-20-11-4-2-3-9(7-11)13-15-12-8-10(14(18)19)5-6-17(12)16-13/h2-8H,1H3,(H,18,19). The number of carbonyl (C=O) groups is 1. The summed E-state index contributed by atoms with van der Waals surface area (Å²) in [5, 5.41) is 13.3. The first-order valence-corrected chi connectivity index (χ1v) is 5.91. The molecule has 100 valence electrons. The molecule has 1 aromatic carbocycles. The van der Waals surface area contributed by atoms with Gasteiger partial charge in [-0.3, -0.25) is 0 Å². The lowest BCUT2D eigenvalue weighted by Gasteiger charge is -2.00. The Morgan fingerprint density at radius 3 is 2.90 bits per heavy atom. The molecule has 0 bridgehead atoms.